The monoisotopic (exact) mass is 405 g/mol. The minimum atomic E-state index is -4.53. The number of carbonyl (C=O) groups is 2. The third kappa shape index (κ3) is 4.50. The Labute approximate surface area is 164 Å². The molecular formula is C20H18F3N3O3. The van der Waals surface area contributed by atoms with Crippen LogP contribution < -0.4 is 20.7 Å². The van der Waals surface area contributed by atoms with Gasteiger partial charge in [0, 0.05) is 11.4 Å². The van der Waals surface area contributed by atoms with Crippen LogP contribution in [0.2, 0.25) is 0 Å². The maximum atomic E-state index is 12.9. The zero-order valence-corrected chi connectivity index (χ0v) is 15.6. The Morgan fingerprint density at radius 3 is 2.45 bits per heavy atom. The predicted molar refractivity (Wildman–Crippen MR) is 100 cm³/mol. The topological polar surface area (TPSA) is 79.5 Å². The molecule has 1 atom stereocenters. The number of alkyl halides is 3. The highest BCUT2D eigenvalue weighted by atomic mass is 19.4. The maximum Gasteiger partial charge on any atom is 0.416 e. The van der Waals surface area contributed by atoms with Crippen LogP contribution in [0.25, 0.3) is 0 Å². The predicted octanol–water partition coefficient (Wildman–Crippen LogP) is 3.98. The summed E-state index contributed by atoms with van der Waals surface area (Å²) < 4.78 is 43.9. The molecule has 9 heteroatoms. The van der Waals surface area contributed by atoms with Gasteiger partial charge in [0.2, 0.25) is 0 Å². The summed E-state index contributed by atoms with van der Waals surface area (Å²) >= 11 is 0. The van der Waals surface area contributed by atoms with Gasteiger partial charge in [0.05, 0.1) is 24.3 Å². The minimum Gasteiger partial charge on any atom is -0.497 e. The van der Waals surface area contributed by atoms with Crippen molar-refractivity contribution in [2.75, 3.05) is 12.4 Å². The first-order valence-corrected chi connectivity index (χ1v) is 8.60. The van der Waals surface area contributed by atoms with E-state index in [2.05, 4.69) is 16.0 Å². The number of urea groups is 1. The SMILES string of the molecule is COc1ccc([C@H]2NC(=O)NC(C)=C2C(=O)Nc2cccc(C(F)(F)F)c2)cc1. The van der Waals surface area contributed by atoms with Crippen LogP contribution in [0.3, 0.4) is 0 Å². The third-order valence-corrected chi connectivity index (χ3v) is 4.41. The van der Waals surface area contributed by atoms with Crippen molar-refractivity contribution in [2.24, 2.45) is 0 Å². The molecule has 3 N–H and O–H groups in total. The summed E-state index contributed by atoms with van der Waals surface area (Å²) in [6.07, 6.45) is -4.53. The molecular weight excluding hydrogens is 387 g/mol. The molecule has 1 heterocycles. The Morgan fingerprint density at radius 2 is 1.83 bits per heavy atom. The van der Waals surface area contributed by atoms with Gasteiger partial charge in [0.15, 0.2) is 0 Å². The van der Waals surface area contributed by atoms with Crippen LogP contribution in [0.1, 0.15) is 24.1 Å². The van der Waals surface area contributed by atoms with E-state index in [1.165, 1.54) is 19.2 Å². The number of halogens is 3. The average Bonchev–Trinajstić information content (AvgIpc) is 2.67. The van der Waals surface area contributed by atoms with Gasteiger partial charge >= 0.3 is 12.2 Å². The van der Waals surface area contributed by atoms with Gasteiger partial charge in [0.1, 0.15) is 5.75 Å². The molecule has 0 unspecified atom stereocenters. The number of rotatable bonds is 4. The molecule has 0 spiro atoms. The number of methoxy groups -OCH3 is 1. The molecule has 0 bridgehead atoms. The highest BCUT2D eigenvalue weighted by Crippen LogP contribution is 2.32. The van der Waals surface area contributed by atoms with Gasteiger partial charge in [-0.3, -0.25) is 4.79 Å². The van der Waals surface area contributed by atoms with Crippen LogP contribution in [0.4, 0.5) is 23.7 Å². The number of benzene rings is 2. The van der Waals surface area contributed by atoms with Crippen molar-refractivity contribution < 1.29 is 27.5 Å². The summed E-state index contributed by atoms with van der Waals surface area (Å²) in [7, 11) is 1.51. The van der Waals surface area contributed by atoms with E-state index < -0.39 is 29.7 Å². The number of ether oxygens (including phenoxy) is 1. The highest BCUT2D eigenvalue weighted by Gasteiger charge is 2.33. The lowest BCUT2D eigenvalue weighted by Crippen LogP contribution is -2.45. The Hall–Kier alpha value is -3.49. The van der Waals surface area contributed by atoms with Crippen LogP contribution in [0.5, 0.6) is 5.75 Å². The molecule has 0 radical (unpaired) electrons. The lowest BCUT2D eigenvalue weighted by atomic mass is 9.94. The average molecular weight is 405 g/mol. The van der Waals surface area contributed by atoms with E-state index in [9.17, 15) is 22.8 Å². The van der Waals surface area contributed by atoms with Gasteiger partial charge in [-0.25, -0.2) is 4.79 Å². The Morgan fingerprint density at radius 1 is 1.14 bits per heavy atom. The van der Waals surface area contributed by atoms with Gasteiger partial charge in [-0.1, -0.05) is 18.2 Å². The fourth-order valence-corrected chi connectivity index (χ4v) is 3.01. The normalized spacial score (nSPS) is 16.7. The largest absolute Gasteiger partial charge is 0.497 e. The summed E-state index contributed by atoms with van der Waals surface area (Å²) in [4.78, 5) is 24.8. The van der Waals surface area contributed by atoms with Crippen molar-refractivity contribution in [2.45, 2.75) is 19.1 Å². The number of amides is 3. The van der Waals surface area contributed by atoms with Crippen LogP contribution in [0, 0.1) is 0 Å². The van der Waals surface area contributed by atoms with Crippen molar-refractivity contribution >= 4 is 17.6 Å². The molecule has 0 fully saturated rings. The lowest BCUT2D eigenvalue weighted by Gasteiger charge is -2.28. The minimum absolute atomic E-state index is 0.00416. The molecule has 1 aliphatic heterocycles. The number of allylic oxidation sites excluding steroid dienone is 1. The smallest absolute Gasteiger partial charge is 0.416 e. The zero-order valence-electron chi connectivity index (χ0n) is 15.6. The molecule has 0 aromatic heterocycles. The second-order valence-electron chi connectivity index (χ2n) is 6.38. The first-order chi connectivity index (χ1) is 13.7. The van der Waals surface area contributed by atoms with Crippen molar-refractivity contribution in [3.05, 3.63) is 70.9 Å². The summed E-state index contributed by atoms with van der Waals surface area (Å²) in [6, 6.07) is 9.83. The van der Waals surface area contributed by atoms with Gasteiger partial charge in [0.25, 0.3) is 5.91 Å². The molecule has 6 nitrogen and oxygen atoms in total. The molecule has 152 valence electrons. The Bertz CT molecular complexity index is 969. The van der Waals surface area contributed by atoms with Crippen LogP contribution in [-0.4, -0.2) is 19.0 Å². The fourth-order valence-electron chi connectivity index (χ4n) is 3.01. The number of nitrogens with one attached hydrogen (secondary N) is 3. The van der Waals surface area contributed by atoms with E-state index in [1.807, 2.05) is 0 Å². The van der Waals surface area contributed by atoms with E-state index in [1.54, 1.807) is 31.2 Å². The lowest BCUT2D eigenvalue weighted by molar-refractivity contribution is -0.137. The van der Waals surface area contributed by atoms with E-state index in [0.29, 0.717) is 17.0 Å². The number of hydrogen-bond donors (Lipinski definition) is 3. The number of anilines is 1. The van der Waals surface area contributed by atoms with Gasteiger partial charge < -0.3 is 20.7 Å². The van der Waals surface area contributed by atoms with Crippen LogP contribution in [0.15, 0.2) is 59.8 Å². The maximum absolute atomic E-state index is 12.9. The van der Waals surface area contributed by atoms with Crippen molar-refractivity contribution in [1.29, 1.82) is 0 Å². The molecule has 0 saturated carbocycles. The summed E-state index contributed by atoms with van der Waals surface area (Å²) in [5.41, 5.74) is 0.235. The Kier molecular flexibility index (Phi) is 5.49. The molecule has 3 rings (SSSR count). The standard InChI is InChI=1S/C20H18F3N3O3/c1-11-16(18(27)25-14-5-3-4-13(10-14)20(21,22)23)17(26-19(28)24-11)12-6-8-15(29-2)9-7-12/h3-10,17H,1-2H3,(H,25,27)(H2,24,26,28)/t17-/m1/s1. The van der Waals surface area contributed by atoms with Crippen LogP contribution >= 0.6 is 0 Å². The molecule has 3 amide bonds. The van der Waals surface area contributed by atoms with Crippen molar-refractivity contribution in [3.63, 3.8) is 0 Å². The quantitative estimate of drug-likeness (QED) is 0.720. The Balaban J connectivity index is 1.91. The van der Waals surface area contributed by atoms with Gasteiger partial charge in [-0.2, -0.15) is 13.2 Å². The summed E-state index contributed by atoms with van der Waals surface area (Å²) in [5.74, 6) is -0.0279. The molecule has 29 heavy (non-hydrogen) atoms. The molecule has 0 saturated heterocycles. The summed E-state index contributed by atoms with van der Waals surface area (Å²) in [6.45, 7) is 1.55. The summed E-state index contributed by atoms with van der Waals surface area (Å²) in [5, 5.41) is 7.66. The molecule has 0 aliphatic carbocycles. The van der Waals surface area contributed by atoms with E-state index in [-0.39, 0.29) is 11.3 Å². The van der Waals surface area contributed by atoms with E-state index in [0.717, 1.165) is 12.1 Å². The first-order valence-electron chi connectivity index (χ1n) is 8.60. The van der Waals surface area contributed by atoms with Crippen molar-refractivity contribution in [1.82, 2.24) is 10.6 Å². The molecule has 2 aromatic rings. The van der Waals surface area contributed by atoms with E-state index >= 15 is 0 Å². The van der Waals surface area contributed by atoms with Crippen LogP contribution in [-0.2, 0) is 11.0 Å². The first kappa shape index (κ1) is 20.2. The second kappa shape index (κ2) is 7.86. The third-order valence-electron chi connectivity index (χ3n) is 4.41. The van der Waals surface area contributed by atoms with Crippen molar-refractivity contribution in [3.8, 4) is 5.75 Å². The van der Waals surface area contributed by atoms with Gasteiger partial charge in [-0.15, -0.1) is 0 Å². The van der Waals surface area contributed by atoms with Gasteiger partial charge in [-0.05, 0) is 42.8 Å². The van der Waals surface area contributed by atoms with E-state index in [4.69, 9.17) is 4.74 Å². The number of hydrogen-bond acceptors (Lipinski definition) is 3. The highest BCUT2D eigenvalue weighted by molar-refractivity contribution is 6.06. The molecule has 1 aliphatic rings. The molecule has 2 aromatic carbocycles. The fraction of sp³-hybridized carbons (Fsp3) is 0.200. The zero-order chi connectivity index (χ0) is 21.2. The second-order valence-corrected chi connectivity index (χ2v) is 6.38. The number of carbonyl (C=O) groups excluding carboxylic acids is 2.